The van der Waals surface area contributed by atoms with Crippen molar-refractivity contribution in [2.75, 3.05) is 31.9 Å². The van der Waals surface area contributed by atoms with E-state index in [9.17, 15) is 28.5 Å². The summed E-state index contributed by atoms with van der Waals surface area (Å²) in [6.45, 7) is 2.67. The van der Waals surface area contributed by atoms with Crippen LogP contribution in [0.4, 0.5) is 0 Å². The van der Waals surface area contributed by atoms with Gasteiger partial charge in [-0.3, -0.25) is 4.79 Å². The van der Waals surface area contributed by atoms with Gasteiger partial charge in [0, 0.05) is 31.7 Å². The largest absolute Gasteiger partial charge is 0.504 e. The van der Waals surface area contributed by atoms with Crippen LogP contribution in [0.25, 0.3) is 0 Å². The van der Waals surface area contributed by atoms with Crippen molar-refractivity contribution in [2.24, 2.45) is 0 Å². The second kappa shape index (κ2) is 6.63. The molecule has 9 heteroatoms. The van der Waals surface area contributed by atoms with Gasteiger partial charge in [0.1, 0.15) is 0 Å². The molecular weight excluding hydrogens is 324 g/mol. The summed E-state index contributed by atoms with van der Waals surface area (Å²) in [5.41, 5.74) is 0.0302. The molecule has 0 aromatic heterocycles. The van der Waals surface area contributed by atoms with Crippen LogP contribution in [0.3, 0.4) is 0 Å². The first-order valence-corrected chi connectivity index (χ1v) is 8.89. The van der Waals surface area contributed by atoms with E-state index in [1.165, 1.54) is 9.21 Å². The molecule has 128 valence electrons. The quantitative estimate of drug-likeness (QED) is 0.676. The van der Waals surface area contributed by atoms with Crippen molar-refractivity contribution in [3.63, 3.8) is 0 Å². The molecule has 0 radical (unpaired) electrons. The Balaban J connectivity index is 2.07. The van der Waals surface area contributed by atoms with Crippen molar-refractivity contribution >= 4 is 15.9 Å². The Labute approximate surface area is 134 Å². The van der Waals surface area contributed by atoms with Gasteiger partial charge in [-0.1, -0.05) is 6.92 Å². The maximum absolute atomic E-state index is 12.4. The molecule has 1 amide bonds. The maximum Gasteiger partial charge on any atom is 0.254 e. The highest BCUT2D eigenvalue weighted by molar-refractivity contribution is 7.89. The van der Waals surface area contributed by atoms with Crippen molar-refractivity contribution in [2.45, 2.75) is 13.3 Å². The lowest BCUT2D eigenvalue weighted by molar-refractivity contribution is 0.0697. The van der Waals surface area contributed by atoms with Gasteiger partial charge in [0.05, 0.1) is 5.75 Å². The Morgan fingerprint density at radius 1 is 1.09 bits per heavy atom. The van der Waals surface area contributed by atoms with Crippen LogP contribution in [0.2, 0.25) is 0 Å². The van der Waals surface area contributed by atoms with E-state index >= 15 is 0 Å². The molecule has 0 unspecified atom stereocenters. The fourth-order valence-corrected chi connectivity index (χ4v) is 3.96. The number of phenols is 3. The Kier molecular flexibility index (Phi) is 5.00. The number of piperazine rings is 1. The molecule has 8 nitrogen and oxygen atoms in total. The minimum atomic E-state index is -3.28. The van der Waals surface area contributed by atoms with Crippen LogP contribution in [-0.2, 0) is 10.0 Å². The van der Waals surface area contributed by atoms with E-state index in [0.717, 1.165) is 12.1 Å². The zero-order valence-electron chi connectivity index (χ0n) is 12.8. The molecule has 1 aliphatic rings. The summed E-state index contributed by atoms with van der Waals surface area (Å²) in [6.07, 6.45) is 0.535. The van der Waals surface area contributed by atoms with Gasteiger partial charge in [-0.2, -0.15) is 4.31 Å². The third-order valence-electron chi connectivity index (χ3n) is 3.70. The number of benzene rings is 1. The molecular formula is C14H20N2O6S. The molecule has 1 aliphatic heterocycles. The van der Waals surface area contributed by atoms with Crippen LogP contribution in [0, 0.1) is 0 Å². The topological polar surface area (TPSA) is 118 Å². The number of carbonyl (C=O) groups is 1. The van der Waals surface area contributed by atoms with E-state index < -0.39 is 33.2 Å². The zero-order valence-corrected chi connectivity index (χ0v) is 13.6. The summed E-state index contributed by atoms with van der Waals surface area (Å²) in [7, 11) is -3.28. The van der Waals surface area contributed by atoms with Gasteiger partial charge in [0.2, 0.25) is 10.0 Å². The molecule has 3 N–H and O–H groups in total. The second-order valence-electron chi connectivity index (χ2n) is 5.37. The van der Waals surface area contributed by atoms with E-state index in [1.807, 2.05) is 0 Å². The van der Waals surface area contributed by atoms with Crippen LogP contribution in [0.5, 0.6) is 17.2 Å². The molecule has 0 spiro atoms. The second-order valence-corrected chi connectivity index (χ2v) is 7.46. The molecule has 1 heterocycles. The van der Waals surface area contributed by atoms with E-state index in [4.69, 9.17) is 0 Å². The van der Waals surface area contributed by atoms with E-state index in [1.54, 1.807) is 6.92 Å². The number of amides is 1. The Hall–Kier alpha value is -2.00. The fourth-order valence-electron chi connectivity index (χ4n) is 2.47. The minimum absolute atomic E-state index is 0.0302. The first kappa shape index (κ1) is 17.4. The number of rotatable bonds is 4. The van der Waals surface area contributed by atoms with Crippen molar-refractivity contribution in [1.82, 2.24) is 9.21 Å². The normalized spacial score (nSPS) is 16.5. The number of nitrogens with zero attached hydrogens (tertiary/aromatic N) is 2. The van der Waals surface area contributed by atoms with Crippen molar-refractivity contribution in [1.29, 1.82) is 0 Å². The molecule has 0 bridgehead atoms. The monoisotopic (exact) mass is 344 g/mol. The predicted molar refractivity (Wildman–Crippen MR) is 83.0 cm³/mol. The van der Waals surface area contributed by atoms with Gasteiger partial charge < -0.3 is 20.2 Å². The summed E-state index contributed by atoms with van der Waals surface area (Å²) in [4.78, 5) is 13.8. The Bertz CT molecular complexity index is 672. The molecule has 1 aromatic carbocycles. The average molecular weight is 344 g/mol. The Morgan fingerprint density at radius 3 is 2.09 bits per heavy atom. The van der Waals surface area contributed by atoms with Crippen LogP contribution >= 0.6 is 0 Å². The van der Waals surface area contributed by atoms with Crippen LogP contribution < -0.4 is 0 Å². The number of sulfonamides is 1. The van der Waals surface area contributed by atoms with E-state index in [2.05, 4.69) is 0 Å². The molecule has 0 aliphatic carbocycles. The average Bonchev–Trinajstić information content (AvgIpc) is 2.51. The predicted octanol–water partition coefficient (Wildman–Crippen LogP) is 0.301. The lowest BCUT2D eigenvalue weighted by atomic mass is 10.1. The van der Waals surface area contributed by atoms with E-state index in [-0.39, 0.29) is 37.5 Å². The van der Waals surface area contributed by atoms with Crippen LogP contribution in [0.1, 0.15) is 23.7 Å². The van der Waals surface area contributed by atoms with Gasteiger partial charge in [-0.05, 0) is 18.6 Å². The number of aromatic hydroxyl groups is 3. The van der Waals surface area contributed by atoms with E-state index in [0.29, 0.717) is 6.42 Å². The number of phenolic OH excluding ortho intramolecular Hbond substituents is 3. The summed E-state index contributed by atoms with van der Waals surface area (Å²) < 4.78 is 25.3. The van der Waals surface area contributed by atoms with Gasteiger partial charge in [-0.25, -0.2) is 8.42 Å². The van der Waals surface area contributed by atoms with Gasteiger partial charge in [0.15, 0.2) is 17.2 Å². The third kappa shape index (κ3) is 3.67. The summed E-state index contributed by atoms with van der Waals surface area (Å²) in [5.74, 6) is -2.21. The standard InChI is InChI=1S/C14H20N2O6S/c1-2-7-23(21,22)16-5-3-15(4-6-16)14(20)10-8-11(17)13(19)12(18)9-10/h8-9,17-19H,2-7H2,1H3. The molecule has 0 atom stereocenters. The van der Waals surface area contributed by atoms with Crippen molar-refractivity contribution in [3.8, 4) is 17.2 Å². The SMILES string of the molecule is CCCS(=O)(=O)N1CCN(C(=O)c2cc(O)c(O)c(O)c2)CC1. The maximum atomic E-state index is 12.4. The minimum Gasteiger partial charge on any atom is -0.504 e. The molecule has 1 fully saturated rings. The third-order valence-corrected chi connectivity index (χ3v) is 5.77. The first-order valence-electron chi connectivity index (χ1n) is 7.28. The van der Waals surface area contributed by atoms with Crippen LogP contribution in [-0.4, -0.2) is 70.8 Å². The molecule has 2 rings (SSSR count). The van der Waals surface area contributed by atoms with Crippen LogP contribution in [0.15, 0.2) is 12.1 Å². The molecule has 0 saturated carbocycles. The fraction of sp³-hybridized carbons (Fsp3) is 0.500. The smallest absolute Gasteiger partial charge is 0.254 e. The zero-order chi connectivity index (χ0) is 17.2. The van der Waals surface area contributed by atoms with Gasteiger partial charge in [-0.15, -0.1) is 0 Å². The number of hydrogen-bond acceptors (Lipinski definition) is 6. The van der Waals surface area contributed by atoms with Gasteiger partial charge >= 0.3 is 0 Å². The first-order chi connectivity index (χ1) is 10.8. The highest BCUT2D eigenvalue weighted by atomic mass is 32.2. The number of hydrogen-bond donors (Lipinski definition) is 3. The summed E-state index contributed by atoms with van der Waals surface area (Å²) in [6, 6.07) is 2.13. The molecule has 23 heavy (non-hydrogen) atoms. The number of carbonyl (C=O) groups excluding carboxylic acids is 1. The van der Waals surface area contributed by atoms with Gasteiger partial charge in [0.25, 0.3) is 5.91 Å². The molecule has 1 saturated heterocycles. The summed E-state index contributed by atoms with van der Waals surface area (Å²) >= 11 is 0. The van der Waals surface area contributed by atoms with Crippen molar-refractivity contribution in [3.05, 3.63) is 17.7 Å². The Morgan fingerprint density at radius 2 is 1.61 bits per heavy atom. The van der Waals surface area contributed by atoms with Crippen molar-refractivity contribution < 1.29 is 28.5 Å². The lowest BCUT2D eigenvalue weighted by Crippen LogP contribution is -2.51. The lowest BCUT2D eigenvalue weighted by Gasteiger charge is -2.34. The highest BCUT2D eigenvalue weighted by Gasteiger charge is 2.29. The molecule has 1 aromatic rings. The summed E-state index contributed by atoms with van der Waals surface area (Å²) in [5, 5.41) is 28.2. The highest BCUT2D eigenvalue weighted by Crippen LogP contribution is 2.35.